The van der Waals surface area contributed by atoms with E-state index in [0.717, 1.165) is 57.8 Å². The maximum atomic E-state index is 5.51. The Morgan fingerprint density at radius 1 is 0.958 bits per heavy atom. The number of hydrogen-bond donors (Lipinski definition) is 0. The Morgan fingerprint density at radius 3 is 2.62 bits per heavy atom. The molecule has 1 saturated carbocycles. The first kappa shape index (κ1) is 14.8. The molecule has 2 unspecified atom stereocenters. The Morgan fingerprint density at radius 2 is 1.79 bits per heavy atom. The number of aromatic nitrogens is 3. The molecule has 0 N–H and O–H groups in total. The molecule has 0 radical (unpaired) electrons. The summed E-state index contributed by atoms with van der Waals surface area (Å²) in [5.41, 5.74) is 1.35. The largest absolute Gasteiger partial charge is 0.379 e. The second-order valence-corrected chi connectivity index (χ2v) is 7.42. The van der Waals surface area contributed by atoms with Crippen LogP contribution in [0.1, 0.15) is 32.1 Å². The molecule has 0 aromatic carbocycles. The van der Waals surface area contributed by atoms with Gasteiger partial charge in [0.25, 0.3) is 0 Å². The van der Waals surface area contributed by atoms with E-state index in [-0.39, 0.29) is 0 Å². The molecule has 3 aliphatic heterocycles. The summed E-state index contributed by atoms with van der Waals surface area (Å²) in [6, 6.07) is 0.489. The van der Waals surface area contributed by atoms with Gasteiger partial charge in [-0.05, 0) is 32.1 Å². The fourth-order valence-corrected chi connectivity index (χ4v) is 4.62. The smallest absolute Gasteiger partial charge is 0.249 e. The van der Waals surface area contributed by atoms with Gasteiger partial charge in [0, 0.05) is 43.9 Å². The topological polar surface area (TPSA) is 58.8 Å². The van der Waals surface area contributed by atoms with Crippen LogP contribution in [0, 0.1) is 5.92 Å². The highest BCUT2D eigenvalue weighted by Gasteiger charge is 2.39. The minimum absolute atomic E-state index is 0.489. The Labute approximate surface area is 142 Å². The molecule has 3 fully saturated rings. The van der Waals surface area contributed by atoms with Crippen molar-refractivity contribution in [3.8, 4) is 0 Å². The third-order valence-electron chi connectivity index (χ3n) is 5.94. The van der Waals surface area contributed by atoms with Crippen molar-refractivity contribution in [2.45, 2.75) is 44.7 Å². The number of fused-ring (bicyclic) bond motifs is 2. The van der Waals surface area contributed by atoms with Gasteiger partial charge in [-0.15, -0.1) is 5.10 Å². The van der Waals surface area contributed by atoms with Crippen LogP contribution in [-0.4, -0.2) is 70.8 Å². The van der Waals surface area contributed by atoms with Crippen molar-refractivity contribution in [1.29, 1.82) is 0 Å². The molecule has 0 amide bonds. The molecule has 4 aliphatic rings. The average molecular weight is 330 g/mol. The van der Waals surface area contributed by atoms with Gasteiger partial charge in [0.05, 0.1) is 19.8 Å². The summed E-state index contributed by atoms with van der Waals surface area (Å²) in [6.07, 6.45) is 6.27. The summed E-state index contributed by atoms with van der Waals surface area (Å²) >= 11 is 0. The summed E-state index contributed by atoms with van der Waals surface area (Å²) < 4.78 is 7.55. The quantitative estimate of drug-likeness (QED) is 0.822. The molecular weight excluding hydrogens is 304 g/mol. The number of rotatable bonds is 2. The van der Waals surface area contributed by atoms with Crippen LogP contribution in [0.3, 0.4) is 0 Å². The first-order chi connectivity index (χ1) is 11.9. The van der Waals surface area contributed by atoms with Crippen molar-refractivity contribution in [2.24, 2.45) is 10.9 Å². The highest BCUT2D eigenvalue weighted by molar-refractivity contribution is 5.95. The lowest BCUT2D eigenvalue weighted by atomic mass is 10.0. The zero-order chi connectivity index (χ0) is 15.9. The third kappa shape index (κ3) is 2.54. The molecule has 5 rings (SSSR count). The summed E-state index contributed by atoms with van der Waals surface area (Å²) in [6.45, 7) is 6.88. The SMILES string of the molecule is C1CCN(c2nc3n(n2)CC2CCC(N4CCOCC4)C2=N3)CC1. The maximum Gasteiger partial charge on any atom is 0.249 e. The van der Waals surface area contributed by atoms with Crippen LogP contribution in [0.5, 0.6) is 0 Å². The van der Waals surface area contributed by atoms with Crippen LogP contribution in [0.4, 0.5) is 11.9 Å². The molecule has 1 aliphatic carbocycles. The predicted octanol–water partition coefficient (Wildman–Crippen LogP) is 1.47. The van der Waals surface area contributed by atoms with E-state index in [0.29, 0.717) is 12.0 Å². The molecule has 24 heavy (non-hydrogen) atoms. The van der Waals surface area contributed by atoms with Crippen molar-refractivity contribution >= 4 is 17.6 Å². The van der Waals surface area contributed by atoms with E-state index in [1.54, 1.807) is 0 Å². The molecule has 2 saturated heterocycles. The fourth-order valence-electron chi connectivity index (χ4n) is 4.62. The van der Waals surface area contributed by atoms with Crippen LogP contribution in [0.2, 0.25) is 0 Å². The van der Waals surface area contributed by atoms with Gasteiger partial charge >= 0.3 is 0 Å². The summed E-state index contributed by atoms with van der Waals surface area (Å²) in [5, 5.41) is 4.76. The normalized spacial score (nSPS) is 30.8. The van der Waals surface area contributed by atoms with Gasteiger partial charge in [-0.25, -0.2) is 9.67 Å². The van der Waals surface area contributed by atoms with Gasteiger partial charge in [0.1, 0.15) is 0 Å². The second kappa shape index (κ2) is 6.11. The van der Waals surface area contributed by atoms with Crippen LogP contribution >= 0.6 is 0 Å². The Balaban J connectivity index is 1.40. The minimum Gasteiger partial charge on any atom is -0.379 e. The van der Waals surface area contributed by atoms with Crippen LogP contribution < -0.4 is 4.90 Å². The molecule has 0 bridgehead atoms. The third-order valence-corrected chi connectivity index (χ3v) is 5.94. The van der Waals surface area contributed by atoms with E-state index < -0.39 is 0 Å². The molecule has 130 valence electrons. The van der Waals surface area contributed by atoms with Crippen molar-refractivity contribution < 1.29 is 4.74 Å². The maximum absolute atomic E-state index is 5.51. The van der Waals surface area contributed by atoms with Gasteiger partial charge in [0.2, 0.25) is 11.9 Å². The van der Waals surface area contributed by atoms with Crippen LogP contribution in [0.25, 0.3) is 0 Å². The van der Waals surface area contributed by atoms with Crippen LogP contribution in [0.15, 0.2) is 4.99 Å². The van der Waals surface area contributed by atoms with Crippen molar-refractivity contribution in [3.05, 3.63) is 0 Å². The van der Waals surface area contributed by atoms with Gasteiger partial charge in [-0.3, -0.25) is 4.90 Å². The van der Waals surface area contributed by atoms with E-state index >= 15 is 0 Å². The number of aliphatic imine (C=N–C) groups is 1. The van der Waals surface area contributed by atoms with Crippen molar-refractivity contribution in [2.75, 3.05) is 44.3 Å². The van der Waals surface area contributed by atoms with Crippen LogP contribution in [-0.2, 0) is 11.3 Å². The Bertz CT molecular complexity index is 629. The van der Waals surface area contributed by atoms with E-state index in [1.165, 1.54) is 37.8 Å². The van der Waals surface area contributed by atoms with Gasteiger partial charge in [0.15, 0.2) is 0 Å². The van der Waals surface area contributed by atoms with Gasteiger partial charge in [-0.2, -0.15) is 4.98 Å². The Hall–Kier alpha value is -1.47. The number of piperidine rings is 1. The molecular formula is C17H26N6O. The monoisotopic (exact) mass is 330 g/mol. The van der Waals surface area contributed by atoms with Gasteiger partial charge in [-0.1, -0.05) is 0 Å². The molecule has 7 nitrogen and oxygen atoms in total. The molecule has 1 aromatic rings. The summed E-state index contributed by atoms with van der Waals surface area (Å²) in [7, 11) is 0. The summed E-state index contributed by atoms with van der Waals surface area (Å²) in [4.78, 5) is 14.6. The minimum atomic E-state index is 0.489. The zero-order valence-corrected chi connectivity index (χ0v) is 14.2. The van der Waals surface area contributed by atoms with E-state index in [9.17, 15) is 0 Å². The lowest BCUT2D eigenvalue weighted by Crippen LogP contribution is -2.46. The average Bonchev–Trinajstić information content (AvgIpc) is 3.24. The van der Waals surface area contributed by atoms with E-state index in [2.05, 4.69) is 9.80 Å². The molecule has 0 spiro atoms. The lowest BCUT2D eigenvalue weighted by Gasteiger charge is -2.33. The summed E-state index contributed by atoms with van der Waals surface area (Å²) in [5.74, 6) is 2.25. The van der Waals surface area contributed by atoms with Gasteiger partial charge < -0.3 is 9.64 Å². The first-order valence-corrected chi connectivity index (χ1v) is 9.48. The van der Waals surface area contributed by atoms with Crippen molar-refractivity contribution in [3.63, 3.8) is 0 Å². The van der Waals surface area contributed by atoms with E-state index in [1.807, 2.05) is 4.68 Å². The number of anilines is 1. The number of nitrogens with zero attached hydrogens (tertiary/aromatic N) is 6. The molecule has 7 heteroatoms. The molecule has 4 heterocycles. The Kier molecular flexibility index (Phi) is 3.78. The second-order valence-electron chi connectivity index (χ2n) is 7.42. The predicted molar refractivity (Wildman–Crippen MR) is 92.1 cm³/mol. The lowest BCUT2D eigenvalue weighted by molar-refractivity contribution is 0.0292. The molecule has 1 aromatic heterocycles. The van der Waals surface area contributed by atoms with Crippen molar-refractivity contribution in [1.82, 2.24) is 19.7 Å². The van der Waals surface area contributed by atoms with E-state index in [4.69, 9.17) is 19.8 Å². The fraction of sp³-hybridized carbons (Fsp3) is 0.824. The molecule has 2 atom stereocenters. The number of morpholine rings is 1. The number of ether oxygens (including phenoxy) is 1. The standard InChI is InChI=1S/C17H26N6O/c1-2-6-22(7-3-1)17-19-16-18-15-13(12-23(16)20-17)4-5-14(15)21-8-10-24-11-9-21/h13-14H,1-12H2. The highest BCUT2D eigenvalue weighted by Crippen LogP contribution is 2.35. The number of hydrogen-bond acceptors (Lipinski definition) is 6. The first-order valence-electron chi connectivity index (χ1n) is 9.48. The zero-order valence-electron chi connectivity index (χ0n) is 14.2. The highest BCUT2D eigenvalue weighted by atomic mass is 16.5.